The molecule has 20 heavy (non-hydrogen) atoms. The molecule has 3 rings (SSSR count). The molecule has 2 aliphatic rings. The Morgan fingerprint density at radius 1 is 1.30 bits per heavy atom. The first-order chi connectivity index (χ1) is 9.67. The largest absolute Gasteiger partial charge is 0.293 e. The smallest absolute Gasteiger partial charge is 0.194 e. The van der Waals surface area contributed by atoms with E-state index in [2.05, 4.69) is 66.7 Å². The molecule has 0 spiro atoms. The van der Waals surface area contributed by atoms with Gasteiger partial charge in [-0.05, 0) is 18.5 Å². The van der Waals surface area contributed by atoms with Crippen molar-refractivity contribution in [2.45, 2.75) is 25.9 Å². The van der Waals surface area contributed by atoms with Crippen LogP contribution in [0.3, 0.4) is 0 Å². The molecule has 0 aromatic heterocycles. The van der Waals surface area contributed by atoms with Crippen molar-refractivity contribution >= 4 is 6.34 Å². The molecule has 0 amide bonds. The van der Waals surface area contributed by atoms with E-state index in [0.717, 1.165) is 23.5 Å². The van der Waals surface area contributed by atoms with Crippen LogP contribution in [0.25, 0.3) is 0 Å². The number of likely N-dealkylation sites (tertiary alicyclic amines) is 1. The van der Waals surface area contributed by atoms with Crippen LogP contribution in [0, 0.1) is 5.92 Å². The molecule has 1 aromatic carbocycles. The average molecular weight is 270 g/mol. The van der Waals surface area contributed by atoms with Gasteiger partial charge in [0.15, 0.2) is 6.34 Å². The first-order valence-corrected chi connectivity index (χ1v) is 7.51. The third-order valence-corrected chi connectivity index (χ3v) is 4.76. The van der Waals surface area contributed by atoms with Crippen molar-refractivity contribution in [3.8, 4) is 0 Å². The molecule has 0 bridgehead atoms. The van der Waals surface area contributed by atoms with Gasteiger partial charge in [0.05, 0.1) is 19.8 Å². The third-order valence-electron chi connectivity index (χ3n) is 4.76. The van der Waals surface area contributed by atoms with Crippen LogP contribution in [0.4, 0.5) is 0 Å². The standard InChI is InChI=1S/C17H24N3/c1-15-8-10-19(12-16-6-4-3-5-7-16)13-17(15)20(2)11-9-18-14-20/h3-7,9,11,14-15,17H,8,10,12-13H2,1-2H3/q+1/t15-,17+,20?/m1/s1. The van der Waals surface area contributed by atoms with E-state index in [4.69, 9.17) is 0 Å². The summed E-state index contributed by atoms with van der Waals surface area (Å²) in [7, 11) is 2.26. The van der Waals surface area contributed by atoms with Crippen molar-refractivity contribution in [3.05, 3.63) is 48.3 Å². The summed E-state index contributed by atoms with van der Waals surface area (Å²) in [6, 6.07) is 11.4. The average Bonchev–Trinajstić information content (AvgIpc) is 2.90. The molecule has 106 valence electrons. The molecule has 1 fully saturated rings. The second-order valence-corrected chi connectivity index (χ2v) is 6.34. The Labute approximate surface area is 121 Å². The second kappa shape index (κ2) is 5.51. The van der Waals surface area contributed by atoms with Gasteiger partial charge in [-0.3, -0.25) is 9.38 Å². The molecule has 3 atom stereocenters. The molecular weight excluding hydrogens is 246 g/mol. The SMILES string of the molecule is C[C@@H]1CCN(Cc2ccccc2)C[C@@H]1[N+]1(C)C=CN=C1. The summed E-state index contributed by atoms with van der Waals surface area (Å²) >= 11 is 0. The van der Waals surface area contributed by atoms with Crippen molar-refractivity contribution in [1.29, 1.82) is 0 Å². The molecule has 2 aliphatic heterocycles. The number of piperidine rings is 1. The van der Waals surface area contributed by atoms with E-state index in [-0.39, 0.29) is 0 Å². The molecule has 0 aliphatic carbocycles. The summed E-state index contributed by atoms with van der Waals surface area (Å²) in [5, 5.41) is 0. The van der Waals surface area contributed by atoms with Gasteiger partial charge in [-0.25, -0.2) is 4.99 Å². The zero-order valence-electron chi connectivity index (χ0n) is 12.4. The number of benzene rings is 1. The van der Waals surface area contributed by atoms with E-state index in [9.17, 15) is 0 Å². The minimum atomic E-state index is 0.606. The van der Waals surface area contributed by atoms with Gasteiger partial charge in [0.25, 0.3) is 0 Å². The van der Waals surface area contributed by atoms with E-state index in [1.54, 1.807) is 0 Å². The zero-order valence-corrected chi connectivity index (χ0v) is 12.4. The van der Waals surface area contributed by atoms with Gasteiger partial charge >= 0.3 is 0 Å². The number of quaternary nitrogens is 1. The molecule has 3 heteroatoms. The van der Waals surface area contributed by atoms with Gasteiger partial charge in [0, 0.05) is 12.5 Å². The van der Waals surface area contributed by atoms with Crippen LogP contribution in [0.2, 0.25) is 0 Å². The summed E-state index contributed by atoms with van der Waals surface area (Å²) in [6.07, 6.45) is 7.50. The normalized spacial score (nSPS) is 33.7. The Morgan fingerprint density at radius 3 is 2.80 bits per heavy atom. The molecule has 3 nitrogen and oxygen atoms in total. The quantitative estimate of drug-likeness (QED) is 0.771. The van der Waals surface area contributed by atoms with Crippen LogP contribution >= 0.6 is 0 Å². The number of hydrogen-bond acceptors (Lipinski definition) is 2. The van der Waals surface area contributed by atoms with Crippen molar-refractivity contribution in [3.63, 3.8) is 0 Å². The maximum Gasteiger partial charge on any atom is 0.194 e. The first-order valence-electron chi connectivity index (χ1n) is 7.51. The third kappa shape index (κ3) is 2.69. The maximum absolute atomic E-state index is 4.30. The first kappa shape index (κ1) is 13.5. The van der Waals surface area contributed by atoms with Gasteiger partial charge in [0.1, 0.15) is 12.2 Å². The Bertz CT molecular complexity index is 494. The summed E-state index contributed by atoms with van der Waals surface area (Å²) < 4.78 is 0.854. The Morgan fingerprint density at radius 2 is 2.10 bits per heavy atom. The van der Waals surface area contributed by atoms with E-state index in [1.807, 2.05) is 6.20 Å². The predicted molar refractivity (Wildman–Crippen MR) is 83.1 cm³/mol. The van der Waals surface area contributed by atoms with Crippen molar-refractivity contribution in [2.75, 3.05) is 20.1 Å². The molecule has 0 radical (unpaired) electrons. The number of nitrogens with zero attached hydrogens (tertiary/aromatic N) is 3. The van der Waals surface area contributed by atoms with Crippen LogP contribution in [-0.2, 0) is 6.54 Å². The van der Waals surface area contributed by atoms with Crippen molar-refractivity contribution in [1.82, 2.24) is 4.90 Å². The van der Waals surface area contributed by atoms with Crippen LogP contribution in [-0.4, -0.2) is 41.9 Å². The lowest BCUT2D eigenvalue weighted by Crippen LogP contribution is -2.57. The molecule has 2 heterocycles. The highest BCUT2D eigenvalue weighted by Crippen LogP contribution is 2.28. The topological polar surface area (TPSA) is 15.6 Å². The number of hydrogen-bond donors (Lipinski definition) is 0. The molecule has 1 unspecified atom stereocenters. The highest BCUT2D eigenvalue weighted by molar-refractivity contribution is 5.51. The molecule has 1 saturated heterocycles. The minimum Gasteiger partial charge on any atom is -0.293 e. The predicted octanol–water partition coefficient (Wildman–Crippen LogP) is 2.86. The monoisotopic (exact) mass is 270 g/mol. The van der Waals surface area contributed by atoms with Crippen LogP contribution in [0.5, 0.6) is 0 Å². The van der Waals surface area contributed by atoms with Gasteiger partial charge in [-0.2, -0.15) is 0 Å². The summed E-state index contributed by atoms with van der Waals surface area (Å²) in [6.45, 7) is 5.79. The molecular formula is C17H24N3+. The molecule has 0 saturated carbocycles. The van der Waals surface area contributed by atoms with Gasteiger partial charge in [-0.1, -0.05) is 37.3 Å². The molecule has 0 N–H and O–H groups in total. The van der Waals surface area contributed by atoms with Gasteiger partial charge < -0.3 is 0 Å². The number of likely N-dealkylation sites (N-methyl/N-ethyl adjacent to an activating group) is 1. The van der Waals surface area contributed by atoms with E-state index in [1.165, 1.54) is 18.5 Å². The number of rotatable bonds is 3. The second-order valence-electron chi connectivity index (χ2n) is 6.34. The highest BCUT2D eigenvalue weighted by atomic mass is 15.4. The Hall–Kier alpha value is -1.45. The summed E-state index contributed by atoms with van der Waals surface area (Å²) in [5.74, 6) is 0.737. The van der Waals surface area contributed by atoms with Crippen LogP contribution in [0.1, 0.15) is 18.9 Å². The molecule has 1 aromatic rings. The van der Waals surface area contributed by atoms with Gasteiger partial charge in [0.2, 0.25) is 0 Å². The van der Waals surface area contributed by atoms with Gasteiger partial charge in [-0.15, -0.1) is 0 Å². The fourth-order valence-electron chi connectivity index (χ4n) is 3.42. The van der Waals surface area contributed by atoms with Crippen molar-refractivity contribution < 1.29 is 4.48 Å². The lowest BCUT2D eigenvalue weighted by Gasteiger charge is -2.43. The van der Waals surface area contributed by atoms with Crippen LogP contribution < -0.4 is 0 Å². The summed E-state index contributed by atoms with van der Waals surface area (Å²) in [5.41, 5.74) is 1.41. The fraction of sp³-hybridized carbons (Fsp3) is 0.471. The van der Waals surface area contributed by atoms with Crippen LogP contribution in [0.15, 0.2) is 47.7 Å². The minimum absolute atomic E-state index is 0.606. The lowest BCUT2D eigenvalue weighted by atomic mass is 9.91. The Kier molecular flexibility index (Phi) is 3.72. The van der Waals surface area contributed by atoms with E-state index >= 15 is 0 Å². The lowest BCUT2D eigenvalue weighted by molar-refractivity contribution is -0.792. The summed E-state index contributed by atoms with van der Waals surface area (Å²) in [4.78, 5) is 6.89. The number of aliphatic imine (C=N–C) groups is 1. The van der Waals surface area contributed by atoms with E-state index in [0.29, 0.717) is 6.04 Å². The highest BCUT2D eigenvalue weighted by Gasteiger charge is 2.39. The van der Waals surface area contributed by atoms with Crippen molar-refractivity contribution in [2.24, 2.45) is 10.9 Å². The van der Waals surface area contributed by atoms with E-state index < -0.39 is 0 Å². The zero-order chi connectivity index (χ0) is 14.0. The Balaban J connectivity index is 1.70. The fourth-order valence-corrected chi connectivity index (χ4v) is 3.42. The maximum atomic E-state index is 4.30.